The Balaban J connectivity index is 1.48. The molecule has 2 fully saturated rings. The Morgan fingerprint density at radius 1 is 1.50 bits per heavy atom. The zero-order chi connectivity index (χ0) is 17.0. The van der Waals surface area contributed by atoms with Crippen LogP contribution in [0.1, 0.15) is 44.6 Å². The second kappa shape index (κ2) is 7.66. The third-order valence-electron chi connectivity index (χ3n) is 5.82. The molecule has 3 rings (SSSR count). The third kappa shape index (κ3) is 3.81. The molecule has 0 unspecified atom stereocenters. The number of carbonyl (C=O) groups is 1. The standard InChI is InChI=1S/C18H29N3O3/c1-14-13-21(17(22)4-2-3-15-11-19-20-12-15)8-7-18(14,23)16-5-9-24-10-6-16/h11-12,14,16,23H,2-10,13H2,1H3,(H,19,20)/t14-,18+/m1/s1. The van der Waals surface area contributed by atoms with Crippen molar-refractivity contribution in [3.05, 3.63) is 18.0 Å². The molecule has 2 atom stereocenters. The molecule has 1 aromatic heterocycles. The highest BCUT2D eigenvalue weighted by molar-refractivity contribution is 5.76. The van der Waals surface area contributed by atoms with E-state index >= 15 is 0 Å². The largest absolute Gasteiger partial charge is 0.389 e. The SMILES string of the molecule is C[C@@H]1CN(C(=O)CCCc2cn[nH]c2)CC[C@@]1(O)C1CCOCC1. The Bertz CT molecular complexity index is 528. The number of rotatable bonds is 5. The Morgan fingerprint density at radius 2 is 2.29 bits per heavy atom. The molecule has 6 heteroatoms. The van der Waals surface area contributed by atoms with Gasteiger partial charge in [-0.3, -0.25) is 9.89 Å². The smallest absolute Gasteiger partial charge is 0.222 e. The van der Waals surface area contributed by atoms with Crippen molar-refractivity contribution in [2.75, 3.05) is 26.3 Å². The van der Waals surface area contributed by atoms with Crippen molar-refractivity contribution < 1.29 is 14.6 Å². The van der Waals surface area contributed by atoms with Crippen molar-refractivity contribution in [1.82, 2.24) is 15.1 Å². The normalized spacial score (nSPS) is 28.9. The summed E-state index contributed by atoms with van der Waals surface area (Å²) in [6.07, 6.45) is 8.51. The number of carbonyl (C=O) groups excluding carboxylic acids is 1. The number of aliphatic hydroxyl groups is 1. The van der Waals surface area contributed by atoms with Gasteiger partial charge in [0.05, 0.1) is 11.8 Å². The first-order valence-corrected chi connectivity index (χ1v) is 9.15. The third-order valence-corrected chi connectivity index (χ3v) is 5.82. The van der Waals surface area contributed by atoms with Gasteiger partial charge in [-0.15, -0.1) is 0 Å². The molecule has 1 amide bonds. The van der Waals surface area contributed by atoms with E-state index in [1.54, 1.807) is 6.20 Å². The zero-order valence-corrected chi connectivity index (χ0v) is 14.5. The predicted molar refractivity (Wildman–Crippen MR) is 90.4 cm³/mol. The molecule has 0 radical (unpaired) electrons. The Kier molecular flexibility index (Phi) is 5.56. The summed E-state index contributed by atoms with van der Waals surface area (Å²) in [6.45, 7) is 4.91. The summed E-state index contributed by atoms with van der Waals surface area (Å²) in [6, 6.07) is 0. The lowest BCUT2D eigenvalue weighted by molar-refractivity contribution is -0.151. The fourth-order valence-electron chi connectivity index (χ4n) is 4.19. The van der Waals surface area contributed by atoms with Crippen LogP contribution in [-0.2, 0) is 16.0 Å². The van der Waals surface area contributed by atoms with Gasteiger partial charge in [-0.1, -0.05) is 6.92 Å². The van der Waals surface area contributed by atoms with Crippen LogP contribution in [0.2, 0.25) is 0 Å². The lowest BCUT2D eigenvalue weighted by atomic mass is 9.70. The molecular formula is C18H29N3O3. The average Bonchev–Trinajstić information content (AvgIpc) is 3.11. The minimum absolute atomic E-state index is 0.118. The first kappa shape index (κ1) is 17.4. The number of H-pyrrole nitrogens is 1. The molecule has 2 saturated heterocycles. The number of piperidine rings is 1. The van der Waals surface area contributed by atoms with Crippen molar-refractivity contribution >= 4 is 5.91 Å². The number of hydrogen-bond donors (Lipinski definition) is 2. The number of ether oxygens (including phenoxy) is 1. The van der Waals surface area contributed by atoms with Crippen molar-refractivity contribution in [3.63, 3.8) is 0 Å². The molecule has 134 valence electrons. The number of aromatic amines is 1. The van der Waals surface area contributed by atoms with E-state index in [4.69, 9.17) is 4.74 Å². The first-order chi connectivity index (χ1) is 11.6. The van der Waals surface area contributed by atoms with Crippen LogP contribution in [0.3, 0.4) is 0 Å². The van der Waals surface area contributed by atoms with E-state index < -0.39 is 5.60 Å². The van der Waals surface area contributed by atoms with Gasteiger partial charge in [0.1, 0.15) is 0 Å². The lowest BCUT2D eigenvalue weighted by Gasteiger charge is -2.48. The number of aromatic nitrogens is 2. The number of aryl methyl sites for hydroxylation is 1. The molecule has 3 heterocycles. The maximum absolute atomic E-state index is 12.5. The van der Waals surface area contributed by atoms with Gasteiger partial charge in [-0.2, -0.15) is 5.10 Å². The van der Waals surface area contributed by atoms with Crippen LogP contribution in [-0.4, -0.2) is 58.0 Å². The molecule has 0 bridgehead atoms. The lowest BCUT2D eigenvalue weighted by Crippen LogP contribution is -2.56. The fourth-order valence-corrected chi connectivity index (χ4v) is 4.19. The summed E-state index contributed by atoms with van der Waals surface area (Å²) in [5.74, 6) is 0.631. The van der Waals surface area contributed by atoms with Crippen molar-refractivity contribution in [2.45, 2.75) is 51.0 Å². The van der Waals surface area contributed by atoms with Crippen LogP contribution < -0.4 is 0 Å². The number of hydrogen-bond acceptors (Lipinski definition) is 4. The minimum Gasteiger partial charge on any atom is -0.389 e. The molecule has 0 aromatic carbocycles. The van der Waals surface area contributed by atoms with Gasteiger partial charge in [0, 0.05) is 44.8 Å². The number of likely N-dealkylation sites (tertiary alicyclic amines) is 1. The Morgan fingerprint density at radius 3 is 2.96 bits per heavy atom. The second-order valence-electron chi connectivity index (χ2n) is 7.33. The summed E-state index contributed by atoms with van der Waals surface area (Å²) in [5.41, 5.74) is 0.501. The van der Waals surface area contributed by atoms with E-state index in [1.165, 1.54) is 0 Å². The second-order valence-corrected chi connectivity index (χ2v) is 7.33. The topological polar surface area (TPSA) is 78.5 Å². The van der Waals surface area contributed by atoms with Crippen LogP contribution in [0.5, 0.6) is 0 Å². The van der Waals surface area contributed by atoms with Crippen molar-refractivity contribution in [3.8, 4) is 0 Å². The van der Waals surface area contributed by atoms with E-state index in [-0.39, 0.29) is 11.8 Å². The minimum atomic E-state index is -0.642. The molecule has 2 aliphatic rings. The zero-order valence-electron chi connectivity index (χ0n) is 14.5. The van der Waals surface area contributed by atoms with Gasteiger partial charge >= 0.3 is 0 Å². The summed E-state index contributed by atoms with van der Waals surface area (Å²) in [7, 11) is 0. The first-order valence-electron chi connectivity index (χ1n) is 9.15. The molecular weight excluding hydrogens is 306 g/mol. The van der Waals surface area contributed by atoms with Crippen LogP contribution in [0, 0.1) is 11.8 Å². The van der Waals surface area contributed by atoms with Crippen molar-refractivity contribution in [2.24, 2.45) is 11.8 Å². The highest BCUT2D eigenvalue weighted by Crippen LogP contribution is 2.39. The van der Waals surface area contributed by atoms with E-state index in [2.05, 4.69) is 17.1 Å². The molecule has 2 aliphatic heterocycles. The predicted octanol–water partition coefficient (Wildman–Crippen LogP) is 1.76. The number of nitrogens with zero attached hydrogens (tertiary/aromatic N) is 2. The highest BCUT2D eigenvalue weighted by Gasteiger charge is 2.45. The van der Waals surface area contributed by atoms with Gasteiger partial charge < -0.3 is 14.7 Å². The summed E-state index contributed by atoms with van der Waals surface area (Å²) in [4.78, 5) is 14.4. The van der Waals surface area contributed by atoms with Crippen LogP contribution in [0.15, 0.2) is 12.4 Å². The molecule has 0 spiro atoms. The maximum atomic E-state index is 12.5. The van der Waals surface area contributed by atoms with Gasteiger partial charge in [-0.05, 0) is 43.6 Å². The van der Waals surface area contributed by atoms with E-state index in [9.17, 15) is 9.90 Å². The van der Waals surface area contributed by atoms with Crippen LogP contribution in [0.25, 0.3) is 0 Å². The van der Waals surface area contributed by atoms with Gasteiger partial charge in [0.15, 0.2) is 0 Å². The van der Waals surface area contributed by atoms with E-state index in [0.717, 1.165) is 44.5 Å². The maximum Gasteiger partial charge on any atom is 0.222 e. The Hall–Kier alpha value is -1.40. The van der Waals surface area contributed by atoms with Crippen LogP contribution in [0.4, 0.5) is 0 Å². The molecule has 6 nitrogen and oxygen atoms in total. The molecule has 2 N–H and O–H groups in total. The summed E-state index contributed by atoms with van der Waals surface area (Å²) < 4.78 is 5.42. The van der Waals surface area contributed by atoms with Gasteiger partial charge in [0.25, 0.3) is 0 Å². The number of amides is 1. The van der Waals surface area contributed by atoms with Gasteiger partial charge in [0.2, 0.25) is 5.91 Å². The highest BCUT2D eigenvalue weighted by atomic mass is 16.5. The molecule has 0 aliphatic carbocycles. The fraction of sp³-hybridized carbons (Fsp3) is 0.778. The number of nitrogens with one attached hydrogen (secondary N) is 1. The monoisotopic (exact) mass is 335 g/mol. The molecule has 0 saturated carbocycles. The quantitative estimate of drug-likeness (QED) is 0.859. The van der Waals surface area contributed by atoms with Crippen LogP contribution >= 0.6 is 0 Å². The average molecular weight is 335 g/mol. The van der Waals surface area contributed by atoms with E-state index in [1.807, 2.05) is 11.1 Å². The molecule has 1 aromatic rings. The summed E-state index contributed by atoms with van der Waals surface area (Å²) >= 11 is 0. The van der Waals surface area contributed by atoms with Gasteiger partial charge in [-0.25, -0.2) is 0 Å². The molecule has 24 heavy (non-hydrogen) atoms. The Labute approximate surface area is 143 Å². The van der Waals surface area contributed by atoms with Crippen molar-refractivity contribution in [1.29, 1.82) is 0 Å². The summed E-state index contributed by atoms with van der Waals surface area (Å²) in [5, 5.41) is 17.9. The van der Waals surface area contributed by atoms with E-state index in [0.29, 0.717) is 31.8 Å².